The van der Waals surface area contributed by atoms with Gasteiger partial charge in [0.1, 0.15) is 0 Å². The first kappa shape index (κ1) is 24.8. The summed E-state index contributed by atoms with van der Waals surface area (Å²) in [4.78, 5) is 0. The van der Waals surface area contributed by atoms with E-state index in [0.717, 1.165) is 63.2 Å². The van der Waals surface area contributed by atoms with E-state index in [0.29, 0.717) is 22.3 Å². The Hall–Kier alpha value is -1.84. The molecule has 4 heteroatoms. The molecular weight excluding hydrogens is 412 g/mol. The van der Waals surface area contributed by atoms with Gasteiger partial charge in [0.15, 0.2) is 23.3 Å². The molecule has 0 radical (unpaired) electrons. The Bertz CT molecular complexity index is 840. The molecule has 2 fully saturated rings. The summed E-state index contributed by atoms with van der Waals surface area (Å²) in [5.74, 6) is -0.701. The van der Waals surface area contributed by atoms with E-state index in [9.17, 15) is 17.6 Å². The first-order chi connectivity index (χ1) is 15.2. The summed E-state index contributed by atoms with van der Waals surface area (Å²) >= 11 is 0. The maximum Gasteiger partial charge on any atom is 0.162 e. The van der Waals surface area contributed by atoms with Crippen molar-refractivity contribution in [3.05, 3.63) is 69.8 Å². The normalized spacial score (nSPS) is 25.8. The molecule has 0 unspecified atom stereocenters. The molecule has 180 valence electrons. The third kappa shape index (κ3) is 5.74. The van der Waals surface area contributed by atoms with Gasteiger partial charge >= 0.3 is 0 Å². The van der Waals surface area contributed by atoms with Crippen LogP contribution in [0.5, 0.6) is 0 Å². The summed E-state index contributed by atoms with van der Waals surface area (Å²) in [6, 6.07) is 6.89. The van der Waals surface area contributed by atoms with Crippen LogP contribution in [0.25, 0.3) is 0 Å². The van der Waals surface area contributed by atoms with Gasteiger partial charge in [0, 0.05) is 2.85 Å². The van der Waals surface area contributed by atoms with Crippen molar-refractivity contribution in [1.82, 2.24) is 0 Å². The Balaban J connectivity index is 0.000000321. The van der Waals surface area contributed by atoms with Gasteiger partial charge in [-0.25, -0.2) is 17.6 Å². The number of hydrogen-bond donors (Lipinski definition) is 0. The summed E-state index contributed by atoms with van der Waals surface area (Å²) < 4.78 is 54.4. The predicted molar refractivity (Wildman–Crippen MR) is 127 cm³/mol. The molecule has 0 aromatic heterocycles. The number of benzene rings is 2. The third-order valence-corrected chi connectivity index (χ3v) is 7.52. The third-order valence-electron chi connectivity index (χ3n) is 7.52. The lowest BCUT2D eigenvalue weighted by atomic mass is 9.79. The van der Waals surface area contributed by atoms with Gasteiger partial charge in [-0.2, -0.15) is 0 Å². The molecule has 2 saturated carbocycles. The highest BCUT2D eigenvalue weighted by molar-refractivity contribution is 5.29. The van der Waals surface area contributed by atoms with Crippen molar-refractivity contribution in [1.29, 1.82) is 0 Å². The zero-order valence-corrected chi connectivity index (χ0v) is 19.8. The predicted octanol–water partition coefficient (Wildman–Crippen LogP) is 9.63. The Morgan fingerprint density at radius 2 is 0.844 bits per heavy atom. The second-order valence-corrected chi connectivity index (χ2v) is 10.1. The number of hydrogen-bond acceptors (Lipinski definition) is 0. The Kier molecular flexibility index (Phi) is 8.41. The van der Waals surface area contributed by atoms with Crippen molar-refractivity contribution in [2.45, 2.75) is 90.9 Å². The van der Waals surface area contributed by atoms with Crippen LogP contribution in [0.1, 0.15) is 102 Å². The standard InChI is InChI=1S/2C14H18F2.2H2/c2*1-9-3-6-11(7-4-9)12-8-5-10(2)13(15)14(12)16;;/h2*5,8-9,11H,3-4,6-7H2,1-2H3;2*1H. The van der Waals surface area contributed by atoms with Crippen LogP contribution in [-0.4, -0.2) is 0 Å². The van der Waals surface area contributed by atoms with E-state index in [2.05, 4.69) is 13.8 Å². The number of aryl methyl sites for hydroxylation is 2. The largest absolute Gasteiger partial charge is 0.203 e. The fourth-order valence-electron chi connectivity index (χ4n) is 5.09. The quantitative estimate of drug-likeness (QED) is 0.398. The highest BCUT2D eigenvalue weighted by Crippen LogP contribution is 2.38. The minimum atomic E-state index is -0.670. The lowest BCUT2D eigenvalue weighted by Gasteiger charge is -2.26. The SMILES string of the molecule is Cc1ccc(C2CCC(C)CC2)c(F)c1F.Cc1ccc(C2CCC(C)CC2)c(F)c1F.[HH].[HH]. The van der Waals surface area contributed by atoms with Crippen LogP contribution in [0.2, 0.25) is 0 Å². The lowest BCUT2D eigenvalue weighted by Crippen LogP contribution is -2.13. The van der Waals surface area contributed by atoms with E-state index < -0.39 is 23.3 Å². The van der Waals surface area contributed by atoms with Crippen LogP contribution in [0.15, 0.2) is 24.3 Å². The van der Waals surface area contributed by atoms with Crippen molar-refractivity contribution in [3.8, 4) is 0 Å². The second-order valence-electron chi connectivity index (χ2n) is 10.1. The highest BCUT2D eigenvalue weighted by atomic mass is 19.2. The van der Waals surface area contributed by atoms with Crippen molar-refractivity contribution in [2.24, 2.45) is 11.8 Å². The number of rotatable bonds is 2. The molecular formula is C28H40F4. The molecule has 0 N–H and O–H groups in total. The molecule has 4 rings (SSSR count). The van der Waals surface area contributed by atoms with Crippen molar-refractivity contribution in [3.63, 3.8) is 0 Å². The minimum Gasteiger partial charge on any atom is -0.203 e. The van der Waals surface area contributed by atoms with E-state index in [1.54, 1.807) is 38.1 Å². The molecule has 2 aliphatic rings. The van der Waals surface area contributed by atoms with Crippen LogP contribution in [0.3, 0.4) is 0 Å². The van der Waals surface area contributed by atoms with Gasteiger partial charge in [0.2, 0.25) is 0 Å². The van der Waals surface area contributed by atoms with E-state index >= 15 is 0 Å². The van der Waals surface area contributed by atoms with Gasteiger partial charge in [-0.15, -0.1) is 0 Å². The average Bonchev–Trinajstić information content (AvgIpc) is 2.78. The monoisotopic (exact) mass is 452 g/mol. The minimum absolute atomic E-state index is 0. The van der Waals surface area contributed by atoms with Gasteiger partial charge in [0.25, 0.3) is 0 Å². The van der Waals surface area contributed by atoms with Gasteiger partial charge in [-0.1, -0.05) is 63.8 Å². The van der Waals surface area contributed by atoms with Crippen molar-refractivity contribution < 1.29 is 20.4 Å². The second kappa shape index (κ2) is 10.9. The molecule has 0 amide bonds. The first-order valence-electron chi connectivity index (χ1n) is 12.1. The van der Waals surface area contributed by atoms with E-state index in [1.807, 2.05) is 0 Å². The maximum absolute atomic E-state index is 13.8. The summed E-state index contributed by atoms with van der Waals surface area (Å²) in [6.07, 6.45) is 8.45. The van der Waals surface area contributed by atoms with E-state index in [4.69, 9.17) is 0 Å². The fourth-order valence-corrected chi connectivity index (χ4v) is 5.09. The summed E-state index contributed by atoms with van der Waals surface area (Å²) in [5.41, 5.74) is 1.95. The smallest absolute Gasteiger partial charge is 0.162 e. The zero-order chi connectivity index (χ0) is 23.4. The molecule has 0 nitrogen and oxygen atoms in total. The van der Waals surface area contributed by atoms with Gasteiger partial charge in [0.05, 0.1) is 0 Å². The molecule has 0 atom stereocenters. The summed E-state index contributed by atoms with van der Waals surface area (Å²) in [6.45, 7) is 7.65. The lowest BCUT2D eigenvalue weighted by molar-refractivity contribution is 0.339. The molecule has 0 bridgehead atoms. The molecule has 2 aliphatic carbocycles. The number of halogens is 4. The Morgan fingerprint density at radius 3 is 1.16 bits per heavy atom. The van der Waals surface area contributed by atoms with Gasteiger partial charge in [-0.3, -0.25) is 0 Å². The topological polar surface area (TPSA) is 0 Å². The summed E-state index contributed by atoms with van der Waals surface area (Å²) in [7, 11) is 0. The van der Waals surface area contributed by atoms with Gasteiger partial charge < -0.3 is 0 Å². The molecule has 0 spiro atoms. The zero-order valence-electron chi connectivity index (χ0n) is 19.8. The van der Waals surface area contributed by atoms with Crippen LogP contribution < -0.4 is 0 Å². The molecule has 0 heterocycles. The molecule has 2 aromatic rings. The van der Waals surface area contributed by atoms with E-state index in [-0.39, 0.29) is 14.7 Å². The van der Waals surface area contributed by atoms with Crippen LogP contribution >= 0.6 is 0 Å². The van der Waals surface area contributed by atoms with Crippen molar-refractivity contribution in [2.75, 3.05) is 0 Å². The van der Waals surface area contributed by atoms with E-state index in [1.165, 1.54) is 0 Å². The van der Waals surface area contributed by atoms with Crippen LogP contribution in [-0.2, 0) is 0 Å². The molecule has 0 aliphatic heterocycles. The fraction of sp³-hybridized carbons (Fsp3) is 0.571. The summed E-state index contributed by atoms with van der Waals surface area (Å²) in [5, 5.41) is 0. The Labute approximate surface area is 193 Å². The highest BCUT2D eigenvalue weighted by Gasteiger charge is 2.25. The van der Waals surface area contributed by atoms with Gasteiger partial charge in [-0.05, 0) is 85.5 Å². The van der Waals surface area contributed by atoms with Crippen LogP contribution in [0, 0.1) is 49.0 Å². The molecule has 32 heavy (non-hydrogen) atoms. The molecule has 2 aromatic carbocycles. The molecule has 0 saturated heterocycles. The first-order valence-corrected chi connectivity index (χ1v) is 12.1. The maximum atomic E-state index is 13.8. The van der Waals surface area contributed by atoms with Crippen LogP contribution in [0.4, 0.5) is 17.6 Å². The van der Waals surface area contributed by atoms with Crippen molar-refractivity contribution >= 4 is 0 Å². The average molecular weight is 453 g/mol. The Morgan fingerprint density at radius 1 is 0.531 bits per heavy atom.